The Hall–Kier alpha value is -1.79. The Balaban J connectivity index is 1.84. The summed E-state index contributed by atoms with van der Waals surface area (Å²) in [6, 6.07) is 12.0. The largest absolute Gasteiger partial charge is 0.487 e. The van der Waals surface area contributed by atoms with Gasteiger partial charge >= 0.3 is 0 Å². The third kappa shape index (κ3) is 5.27. The van der Waals surface area contributed by atoms with Crippen LogP contribution in [0.15, 0.2) is 54.6 Å². The molecule has 3 rings (SSSR count). The van der Waals surface area contributed by atoms with Gasteiger partial charge in [-0.25, -0.2) is 0 Å². The molecule has 1 heterocycles. The van der Waals surface area contributed by atoms with Crippen molar-refractivity contribution in [2.24, 2.45) is 0 Å². The molecule has 154 valence electrons. The van der Waals surface area contributed by atoms with Gasteiger partial charge in [0.15, 0.2) is 5.11 Å². The quantitative estimate of drug-likeness (QED) is 0.165. The van der Waals surface area contributed by atoms with E-state index in [4.69, 9.17) is 17.0 Å². The summed E-state index contributed by atoms with van der Waals surface area (Å²) >= 11 is 9.47. The molecule has 2 aromatic carbocycles. The molecule has 0 unspecified atom stereocenters. The van der Waals surface area contributed by atoms with Gasteiger partial charge in [-0.3, -0.25) is 19.8 Å². The van der Waals surface area contributed by atoms with Crippen LogP contribution in [0.2, 0.25) is 0 Å². The van der Waals surface area contributed by atoms with Gasteiger partial charge < -0.3 is 4.74 Å². The van der Waals surface area contributed by atoms with Crippen molar-refractivity contribution in [2.45, 2.75) is 13.5 Å². The minimum atomic E-state index is -0.505. The first-order chi connectivity index (χ1) is 14.3. The lowest BCUT2D eigenvalue weighted by Crippen LogP contribution is -2.53. The Morgan fingerprint density at radius 2 is 1.80 bits per heavy atom. The fourth-order valence-corrected chi connectivity index (χ4v) is 5.17. The van der Waals surface area contributed by atoms with Gasteiger partial charge in [0, 0.05) is 6.54 Å². The zero-order valence-electron chi connectivity index (χ0n) is 16.1. The van der Waals surface area contributed by atoms with Gasteiger partial charge in [-0.05, 0) is 93.7 Å². The van der Waals surface area contributed by atoms with E-state index in [1.165, 1.54) is 10.5 Å². The molecule has 0 bridgehead atoms. The number of rotatable bonds is 6. The third-order valence-electron chi connectivity index (χ3n) is 4.33. The molecule has 0 aromatic heterocycles. The van der Waals surface area contributed by atoms with Crippen LogP contribution in [0.4, 0.5) is 0 Å². The Morgan fingerprint density at radius 1 is 1.17 bits per heavy atom. The molecule has 0 aliphatic carbocycles. The van der Waals surface area contributed by atoms with Crippen molar-refractivity contribution < 1.29 is 14.3 Å². The van der Waals surface area contributed by atoms with Crippen LogP contribution in [0, 0.1) is 14.1 Å². The van der Waals surface area contributed by atoms with E-state index in [-0.39, 0.29) is 17.2 Å². The zero-order valence-corrected chi connectivity index (χ0v) is 21.2. The van der Waals surface area contributed by atoms with E-state index in [1.54, 1.807) is 12.2 Å². The Bertz CT molecular complexity index is 1040. The molecule has 0 atom stereocenters. The standard InChI is InChI=1S/C22H18I2N2O3S/c1-3-8-26-21(28)16(20(27)25-22(26)30)9-15-10-17(23)19(18(24)11-15)29-12-14-6-4-13(2)5-7-14/h3-7,9-11H,1,8,12H2,2H3,(H,25,27,30)/b16-9+. The first kappa shape index (κ1) is 22.9. The molecule has 5 nitrogen and oxygen atoms in total. The van der Waals surface area contributed by atoms with Crippen molar-refractivity contribution >= 4 is 80.4 Å². The molecule has 30 heavy (non-hydrogen) atoms. The summed E-state index contributed by atoms with van der Waals surface area (Å²) in [4.78, 5) is 26.3. The lowest BCUT2D eigenvalue weighted by atomic mass is 10.1. The maximum absolute atomic E-state index is 12.7. The van der Waals surface area contributed by atoms with Crippen LogP contribution in [-0.4, -0.2) is 28.4 Å². The van der Waals surface area contributed by atoms with Crippen molar-refractivity contribution in [2.75, 3.05) is 6.54 Å². The van der Waals surface area contributed by atoms with Crippen LogP contribution in [0.3, 0.4) is 0 Å². The zero-order chi connectivity index (χ0) is 21.8. The number of hydrogen-bond donors (Lipinski definition) is 1. The van der Waals surface area contributed by atoms with Crippen LogP contribution in [0.25, 0.3) is 6.08 Å². The number of nitrogens with zero attached hydrogens (tertiary/aromatic N) is 1. The molecule has 1 aliphatic rings. The second-order valence-electron chi connectivity index (χ2n) is 6.61. The SMILES string of the molecule is C=CCN1C(=O)/C(=C/c2cc(I)c(OCc3ccc(C)cc3)c(I)c2)C(=O)NC1=S. The predicted octanol–water partition coefficient (Wildman–Crippen LogP) is 4.60. The number of thiocarbonyl (C=S) groups is 1. The van der Waals surface area contributed by atoms with E-state index in [0.29, 0.717) is 6.61 Å². The molecule has 1 N–H and O–H groups in total. The summed E-state index contributed by atoms with van der Waals surface area (Å²) in [5.41, 5.74) is 3.05. The second kappa shape index (κ2) is 10.0. The minimum absolute atomic E-state index is 0.0328. The van der Waals surface area contributed by atoms with E-state index >= 15 is 0 Å². The van der Waals surface area contributed by atoms with E-state index in [0.717, 1.165) is 24.0 Å². The highest BCUT2D eigenvalue weighted by molar-refractivity contribution is 14.1. The summed E-state index contributed by atoms with van der Waals surface area (Å²) in [6.07, 6.45) is 3.13. The van der Waals surface area contributed by atoms with Crippen LogP contribution in [0.1, 0.15) is 16.7 Å². The lowest BCUT2D eigenvalue weighted by Gasteiger charge is -2.27. The van der Waals surface area contributed by atoms with Gasteiger partial charge in [-0.1, -0.05) is 35.9 Å². The first-order valence-electron chi connectivity index (χ1n) is 8.97. The van der Waals surface area contributed by atoms with Crippen molar-refractivity contribution in [1.82, 2.24) is 10.2 Å². The van der Waals surface area contributed by atoms with Crippen molar-refractivity contribution in [3.63, 3.8) is 0 Å². The summed E-state index contributed by atoms with van der Waals surface area (Å²) in [5, 5.41) is 2.64. The topological polar surface area (TPSA) is 58.6 Å². The number of carbonyl (C=O) groups is 2. The molecule has 8 heteroatoms. The first-order valence-corrected chi connectivity index (χ1v) is 11.5. The Kier molecular flexibility index (Phi) is 7.64. The lowest BCUT2D eigenvalue weighted by molar-refractivity contribution is -0.128. The number of benzene rings is 2. The monoisotopic (exact) mass is 644 g/mol. The number of halogens is 2. The Morgan fingerprint density at radius 3 is 2.40 bits per heavy atom. The van der Waals surface area contributed by atoms with E-state index in [2.05, 4.69) is 69.2 Å². The molecule has 2 amide bonds. The van der Waals surface area contributed by atoms with Crippen molar-refractivity contribution in [3.05, 3.63) is 78.5 Å². The maximum atomic E-state index is 12.7. The minimum Gasteiger partial charge on any atom is -0.487 e. The fraction of sp³-hybridized carbons (Fsp3) is 0.136. The highest BCUT2D eigenvalue weighted by atomic mass is 127. The third-order valence-corrected chi connectivity index (χ3v) is 6.26. The number of nitrogens with one attached hydrogen (secondary N) is 1. The average molecular weight is 644 g/mol. The smallest absolute Gasteiger partial charge is 0.265 e. The number of aryl methyl sites for hydroxylation is 1. The molecule has 2 aromatic rings. The Labute approximate surface area is 207 Å². The van der Waals surface area contributed by atoms with Gasteiger partial charge in [0.25, 0.3) is 11.8 Å². The number of amides is 2. The highest BCUT2D eigenvalue weighted by Gasteiger charge is 2.32. The maximum Gasteiger partial charge on any atom is 0.265 e. The van der Waals surface area contributed by atoms with Crippen molar-refractivity contribution in [3.8, 4) is 5.75 Å². The molecule has 0 spiro atoms. The highest BCUT2D eigenvalue weighted by Crippen LogP contribution is 2.31. The van der Waals surface area contributed by atoms with Crippen molar-refractivity contribution in [1.29, 1.82) is 0 Å². The number of ether oxygens (including phenoxy) is 1. The van der Waals surface area contributed by atoms with E-state index in [9.17, 15) is 9.59 Å². The second-order valence-corrected chi connectivity index (χ2v) is 9.32. The van der Waals surface area contributed by atoms with E-state index in [1.807, 2.05) is 31.2 Å². The molecular formula is C22H18I2N2O3S. The predicted molar refractivity (Wildman–Crippen MR) is 138 cm³/mol. The summed E-state index contributed by atoms with van der Waals surface area (Å²) in [7, 11) is 0. The molecule has 0 radical (unpaired) electrons. The molecule has 0 saturated carbocycles. The van der Waals surface area contributed by atoms with Crippen LogP contribution >= 0.6 is 57.4 Å². The van der Waals surface area contributed by atoms with Gasteiger partial charge in [0.1, 0.15) is 17.9 Å². The molecular weight excluding hydrogens is 626 g/mol. The summed E-state index contributed by atoms with van der Waals surface area (Å²) in [6.45, 7) is 6.37. The van der Waals surface area contributed by atoms with Gasteiger partial charge in [0.2, 0.25) is 0 Å². The van der Waals surface area contributed by atoms with Crippen LogP contribution in [-0.2, 0) is 16.2 Å². The fourth-order valence-electron chi connectivity index (χ4n) is 2.80. The van der Waals surface area contributed by atoms with Gasteiger partial charge in [-0.2, -0.15) is 0 Å². The molecule has 1 fully saturated rings. The average Bonchev–Trinajstić information content (AvgIpc) is 2.69. The van der Waals surface area contributed by atoms with Gasteiger partial charge in [0.05, 0.1) is 7.14 Å². The molecule has 1 aliphatic heterocycles. The molecule has 1 saturated heterocycles. The van der Waals surface area contributed by atoms with Crippen LogP contribution < -0.4 is 10.1 Å². The van der Waals surface area contributed by atoms with Gasteiger partial charge in [-0.15, -0.1) is 6.58 Å². The summed E-state index contributed by atoms with van der Waals surface area (Å²) < 4.78 is 7.80. The normalized spacial score (nSPS) is 15.4. The van der Waals surface area contributed by atoms with E-state index < -0.39 is 11.8 Å². The summed E-state index contributed by atoms with van der Waals surface area (Å²) in [5.74, 6) is -0.170. The van der Waals surface area contributed by atoms with Crippen LogP contribution in [0.5, 0.6) is 5.75 Å². The number of carbonyl (C=O) groups excluding carboxylic acids is 2. The number of hydrogen-bond acceptors (Lipinski definition) is 4.